The largest absolute Gasteiger partial charge is 0.482 e. The Morgan fingerprint density at radius 3 is 2.84 bits per heavy atom. The molecule has 0 fully saturated rings. The third-order valence-corrected chi connectivity index (χ3v) is 3.46. The average molecular weight is 263 g/mol. The highest BCUT2D eigenvalue weighted by Crippen LogP contribution is 2.33. The highest BCUT2D eigenvalue weighted by atomic mass is 16.5. The molecule has 0 spiro atoms. The van der Waals surface area contributed by atoms with Crippen molar-refractivity contribution in [3.05, 3.63) is 18.2 Å². The van der Waals surface area contributed by atoms with E-state index in [1.54, 1.807) is 11.9 Å². The molecular formula is C14H21N3O2. The zero-order valence-electron chi connectivity index (χ0n) is 11.9. The van der Waals surface area contributed by atoms with Gasteiger partial charge in [-0.1, -0.05) is 0 Å². The molecule has 0 saturated carbocycles. The van der Waals surface area contributed by atoms with E-state index in [1.807, 2.05) is 25.2 Å². The van der Waals surface area contributed by atoms with E-state index >= 15 is 0 Å². The molecule has 0 aromatic heterocycles. The number of amides is 1. The van der Waals surface area contributed by atoms with E-state index in [4.69, 9.17) is 4.74 Å². The van der Waals surface area contributed by atoms with Crippen LogP contribution < -0.4 is 20.3 Å². The number of ether oxygens (including phenoxy) is 1. The molecule has 19 heavy (non-hydrogen) atoms. The fourth-order valence-electron chi connectivity index (χ4n) is 1.79. The predicted molar refractivity (Wildman–Crippen MR) is 77.0 cm³/mol. The van der Waals surface area contributed by atoms with E-state index in [-0.39, 0.29) is 18.1 Å². The van der Waals surface area contributed by atoms with Gasteiger partial charge < -0.3 is 20.3 Å². The summed E-state index contributed by atoms with van der Waals surface area (Å²) in [7, 11) is 3.71. The highest BCUT2D eigenvalue weighted by molar-refractivity contribution is 5.97. The minimum absolute atomic E-state index is 0.00806. The second-order valence-corrected chi connectivity index (χ2v) is 5.41. The molecule has 1 aromatic carbocycles. The second-order valence-electron chi connectivity index (χ2n) is 5.41. The van der Waals surface area contributed by atoms with Gasteiger partial charge in [-0.25, -0.2) is 0 Å². The predicted octanol–water partition coefficient (Wildman–Crippen LogP) is 1.45. The average Bonchev–Trinajstić information content (AvgIpc) is 2.41. The first kappa shape index (κ1) is 13.7. The molecule has 0 atom stereocenters. The number of hydrogen-bond acceptors (Lipinski definition) is 4. The van der Waals surface area contributed by atoms with Crippen molar-refractivity contribution >= 4 is 17.3 Å². The molecule has 5 heteroatoms. The van der Waals surface area contributed by atoms with Gasteiger partial charge in [-0.15, -0.1) is 0 Å². The Morgan fingerprint density at radius 1 is 1.42 bits per heavy atom. The first-order valence-electron chi connectivity index (χ1n) is 6.39. The highest BCUT2D eigenvalue weighted by Gasteiger charge is 2.22. The van der Waals surface area contributed by atoms with Gasteiger partial charge in [0.15, 0.2) is 6.61 Å². The van der Waals surface area contributed by atoms with Gasteiger partial charge in [-0.05, 0) is 39.1 Å². The van der Waals surface area contributed by atoms with E-state index in [0.717, 1.165) is 23.7 Å². The van der Waals surface area contributed by atoms with Crippen LogP contribution >= 0.6 is 0 Å². The zero-order valence-corrected chi connectivity index (χ0v) is 11.9. The van der Waals surface area contributed by atoms with Gasteiger partial charge in [-0.3, -0.25) is 4.79 Å². The van der Waals surface area contributed by atoms with Crippen LogP contribution in [-0.2, 0) is 4.79 Å². The molecule has 1 aliphatic rings. The lowest BCUT2D eigenvalue weighted by molar-refractivity contribution is -0.120. The molecule has 5 nitrogen and oxygen atoms in total. The van der Waals surface area contributed by atoms with E-state index in [1.165, 1.54) is 0 Å². The number of carbonyl (C=O) groups excluding carboxylic acids is 1. The number of rotatable bonds is 4. The van der Waals surface area contributed by atoms with Crippen LogP contribution in [0.1, 0.15) is 13.8 Å². The number of carbonyl (C=O) groups is 1. The molecule has 0 unspecified atom stereocenters. The number of nitrogens with one attached hydrogen (secondary N) is 2. The smallest absolute Gasteiger partial charge is 0.264 e. The summed E-state index contributed by atoms with van der Waals surface area (Å²) in [6, 6.07) is 5.80. The van der Waals surface area contributed by atoms with E-state index in [9.17, 15) is 4.79 Å². The van der Waals surface area contributed by atoms with Crippen molar-refractivity contribution in [2.45, 2.75) is 19.4 Å². The zero-order chi connectivity index (χ0) is 14.0. The summed E-state index contributed by atoms with van der Waals surface area (Å²) < 4.78 is 5.40. The summed E-state index contributed by atoms with van der Waals surface area (Å²) in [4.78, 5) is 13.2. The Morgan fingerprint density at radius 2 is 2.16 bits per heavy atom. The van der Waals surface area contributed by atoms with Crippen molar-refractivity contribution in [3.8, 4) is 5.75 Å². The van der Waals surface area contributed by atoms with Crippen LogP contribution in [0.3, 0.4) is 0 Å². The Kier molecular flexibility index (Phi) is 3.66. The van der Waals surface area contributed by atoms with E-state index in [2.05, 4.69) is 24.5 Å². The van der Waals surface area contributed by atoms with Gasteiger partial charge in [0.25, 0.3) is 5.91 Å². The van der Waals surface area contributed by atoms with Crippen molar-refractivity contribution in [2.75, 3.05) is 37.5 Å². The SMILES string of the molecule is CNC(C)(C)CNc1ccc2c(c1)N(C)C(=O)CO2. The van der Waals surface area contributed by atoms with Crippen LogP contribution in [0.5, 0.6) is 5.75 Å². The maximum absolute atomic E-state index is 11.6. The fraction of sp³-hybridized carbons (Fsp3) is 0.500. The van der Waals surface area contributed by atoms with Gasteiger partial charge in [-0.2, -0.15) is 0 Å². The van der Waals surface area contributed by atoms with Crippen LogP contribution in [0.25, 0.3) is 0 Å². The number of fused-ring (bicyclic) bond motifs is 1. The lowest BCUT2D eigenvalue weighted by Gasteiger charge is -2.28. The second kappa shape index (κ2) is 5.09. The van der Waals surface area contributed by atoms with Crippen molar-refractivity contribution in [1.82, 2.24) is 5.32 Å². The normalized spacial score (nSPS) is 14.9. The maximum Gasteiger partial charge on any atom is 0.264 e. The Balaban J connectivity index is 2.14. The van der Waals surface area contributed by atoms with Gasteiger partial charge in [0.05, 0.1) is 5.69 Å². The molecular weight excluding hydrogens is 242 g/mol. The summed E-state index contributed by atoms with van der Waals surface area (Å²) in [5, 5.41) is 6.60. The first-order chi connectivity index (χ1) is 8.93. The van der Waals surface area contributed by atoms with Crippen molar-refractivity contribution in [1.29, 1.82) is 0 Å². The summed E-state index contributed by atoms with van der Waals surface area (Å²) in [6.45, 7) is 5.15. The monoisotopic (exact) mass is 263 g/mol. The summed E-state index contributed by atoms with van der Waals surface area (Å²) >= 11 is 0. The number of anilines is 2. The molecule has 2 rings (SSSR count). The number of benzene rings is 1. The molecule has 0 bridgehead atoms. The summed E-state index contributed by atoms with van der Waals surface area (Å²) in [6.07, 6.45) is 0. The van der Waals surface area contributed by atoms with Crippen LogP contribution in [0.15, 0.2) is 18.2 Å². The Bertz CT molecular complexity index is 486. The third kappa shape index (κ3) is 2.98. The Hall–Kier alpha value is -1.75. The molecule has 0 aliphatic carbocycles. The lowest BCUT2D eigenvalue weighted by Crippen LogP contribution is -2.42. The molecule has 0 saturated heterocycles. The van der Waals surface area contributed by atoms with E-state index in [0.29, 0.717) is 0 Å². The van der Waals surface area contributed by atoms with Crippen LogP contribution in [0, 0.1) is 0 Å². The minimum Gasteiger partial charge on any atom is -0.482 e. The van der Waals surface area contributed by atoms with E-state index < -0.39 is 0 Å². The number of likely N-dealkylation sites (N-methyl/N-ethyl adjacent to an activating group) is 2. The third-order valence-electron chi connectivity index (χ3n) is 3.46. The molecule has 1 heterocycles. The van der Waals surface area contributed by atoms with Gasteiger partial charge >= 0.3 is 0 Å². The quantitative estimate of drug-likeness (QED) is 0.863. The van der Waals surface area contributed by atoms with Crippen LogP contribution in [0.4, 0.5) is 11.4 Å². The molecule has 2 N–H and O–H groups in total. The molecule has 1 aromatic rings. The molecule has 104 valence electrons. The van der Waals surface area contributed by atoms with Gasteiger partial charge in [0.1, 0.15) is 5.75 Å². The molecule has 1 aliphatic heterocycles. The Labute approximate surface area is 113 Å². The van der Waals surface area contributed by atoms with Crippen molar-refractivity contribution < 1.29 is 9.53 Å². The summed E-state index contributed by atoms with van der Waals surface area (Å²) in [5.74, 6) is 0.723. The lowest BCUT2D eigenvalue weighted by atomic mass is 10.1. The number of hydrogen-bond donors (Lipinski definition) is 2. The topological polar surface area (TPSA) is 53.6 Å². The molecule has 1 amide bonds. The van der Waals surface area contributed by atoms with Crippen molar-refractivity contribution in [2.24, 2.45) is 0 Å². The minimum atomic E-state index is -0.0276. The fourth-order valence-corrected chi connectivity index (χ4v) is 1.79. The van der Waals surface area contributed by atoms with Gasteiger partial charge in [0.2, 0.25) is 0 Å². The molecule has 0 radical (unpaired) electrons. The maximum atomic E-state index is 11.6. The number of nitrogens with zero attached hydrogens (tertiary/aromatic N) is 1. The van der Waals surface area contributed by atoms with Crippen LogP contribution in [-0.4, -0.2) is 38.7 Å². The van der Waals surface area contributed by atoms with Gasteiger partial charge in [0, 0.05) is 24.8 Å². The first-order valence-corrected chi connectivity index (χ1v) is 6.39. The standard InChI is InChI=1S/C14H21N3O2/c1-14(2,15-3)9-16-10-5-6-12-11(7-10)17(4)13(18)8-19-12/h5-7,15-16H,8-9H2,1-4H3. The van der Waals surface area contributed by atoms with Crippen molar-refractivity contribution in [3.63, 3.8) is 0 Å². The van der Waals surface area contributed by atoms with Crippen LogP contribution in [0.2, 0.25) is 0 Å². The summed E-state index contributed by atoms with van der Waals surface area (Å²) in [5.41, 5.74) is 1.80.